The summed E-state index contributed by atoms with van der Waals surface area (Å²) in [5, 5.41) is 0. The first kappa shape index (κ1) is 10.3. The average Bonchev–Trinajstić information content (AvgIpc) is 2.43. The molecule has 1 heterocycles. The van der Waals surface area contributed by atoms with E-state index in [1.54, 1.807) is 4.90 Å². The molecule has 1 rings (SSSR count). The molecule has 0 aliphatic carbocycles. The van der Waals surface area contributed by atoms with Crippen molar-refractivity contribution >= 4 is 6.03 Å². The van der Waals surface area contributed by atoms with Gasteiger partial charge in [0.1, 0.15) is 0 Å². The molecule has 1 aliphatic rings. The summed E-state index contributed by atoms with van der Waals surface area (Å²) in [7, 11) is 1.82. The lowest BCUT2D eigenvalue weighted by Gasteiger charge is -2.22. The first-order valence-corrected chi connectivity index (χ1v) is 4.85. The number of nitrogens with two attached hydrogens (primary N) is 1. The second-order valence-electron chi connectivity index (χ2n) is 3.69. The van der Waals surface area contributed by atoms with Crippen LogP contribution in [0, 0.1) is 0 Å². The first-order chi connectivity index (χ1) is 6.11. The number of likely N-dealkylation sites (N-methyl/N-ethyl adjacent to an activating group) is 1. The highest BCUT2D eigenvalue weighted by molar-refractivity contribution is 5.77. The molecule has 1 fully saturated rings. The third-order valence-corrected chi connectivity index (χ3v) is 2.90. The van der Waals surface area contributed by atoms with Crippen molar-refractivity contribution in [2.45, 2.75) is 32.4 Å². The number of urea groups is 1. The molecule has 0 radical (unpaired) electrons. The van der Waals surface area contributed by atoms with Crippen LogP contribution in [-0.4, -0.2) is 48.1 Å². The van der Waals surface area contributed by atoms with Crippen LogP contribution in [0.2, 0.25) is 0 Å². The Morgan fingerprint density at radius 3 is 2.69 bits per heavy atom. The van der Waals surface area contributed by atoms with Gasteiger partial charge in [0.15, 0.2) is 0 Å². The van der Waals surface area contributed by atoms with Crippen LogP contribution in [0.1, 0.15) is 20.3 Å². The Bertz CT molecular complexity index is 195. The minimum absolute atomic E-state index is 0.116. The third-order valence-electron chi connectivity index (χ3n) is 2.90. The van der Waals surface area contributed by atoms with Gasteiger partial charge in [0.05, 0.1) is 6.04 Å². The van der Waals surface area contributed by atoms with Crippen molar-refractivity contribution in [2.75, 3.05) is 20.1 Å². The summed E-state index contributed by atoms with van der Waals surface area (Å²) in [4.78, 5) is 15.3. The van der Waals surface area contributed by atoms with Crippen LogP contribution in [0.3, 0.4) is 0 Å². The van der Waals surface area contributed by atoms with Gasteiger partial charge in [-0.05, 0) is 13.3 Å². The smallest absolute Gasteiger partial charge is 0.320 e. The molecule has 0 saturated carbocycles. The number of carbonyl (C=O) groups excluding carboxylic acids is 1. The predicted molar refractivity (Wildman–Crippen MR) is 52.5 cm³/mol. The highest BCUT2D eigenvalue weighted by Crippen LogP contribution is 2.17. The van der Waals surface area contributed by atoms with Gasteiger partial charge in [0.2, 0.25) is 0 Å². The summed E-state index contributed by atoms with van der Waals surface area (Å²) < 4.78 is 0. The average molecular weight is 185 g/mol. The van der Waals surface area contributed by atoms with E-state index in [9.17, 15) is 4.79 Å². The lowest BCUT2D eigenvalue weighted by atomic mass is 10.2. The zero-order chi connectivity index (χ0) is 10.0. The Labute approximate surface area is 79.7 Å². The largest absolute Gasteiger partial charge is 0.328 e. The molecule has 1 saturated heterocycles. The first-order valence-electron chi connectivity index (χ1n) is 4.85. The summed E-state index contributed by atoms with van der Waals surface area (Å²) >= 11 is 0. The highest BCUT2D eigenvalue weighted by atomic mass is 16.2. The molecule has 0 bridgehead atoms. The number of hydrogen-bond donors (Lipinski definition) is 1. The van der Waals surface area contributed by atoms with E-state index in [-0.39, 0.29) is 12.1 Å². The van der Waals surface area contributed by atoms with Crippen LogP contribution in [-0.2, 0) is 0 Å². The standard InChI is InChI=1S/C9H19N3O/c1-4-7(2)12-6-8(5-10)11(3)9(12)13/h7-8H,4-6,10H2,1-3H3. The van der Waals surface area contributed by atoms with Crippen molar-refractivity contribution in [1.82, 2.24) is 9.80 Å². The van der Waals surface area contributed by atoms with E-state index in [0.29, 0.717) is 12.6 Å². The van der Waals surface area contributed by atoms with E-state index in [1.165, 1.54) is 0 Å². The number of amides is 2. The van der Waals surface area contributed by atoms with Gasteiger partial charge in [-0.3, -0.25) is 0 Å². The Hall–Kier alpha value is -0.770. The second-order valence-corrected chi connectivity index (χ2v) is 3.69. The Morgan fingerprint density at radius 2 is 2.31 bits per heavy atom. The number of hydrogen-bond acceptors (Lipinski definition) is 2. The van der Waals surface area contributed by atoms with E-state index in [2.05, 4.69) is 13.8 Å². The fourth-order valence-corrected chi connectivity index (χ4v) is 1.61. The van der Waals surface area contributed by atoms with Gasteiger partial charge < -0.3 is 15.5 Å². The van der Waals surface area contributed by atoms with Gasteiger partial charge in [-0.15, -0.1) is 0 Å². The second kappa shape index (κ2) is 3.96. The third kappa shape index (κ3) is 1.77. The SMILES string of the molecule is CCC(C)N1CC(CN)N(C)C1=O. The molecule has 2 N–H and O–H groups in total. The maximum absolute atomic E-state index is 11.7. The Balaban J connectivity index is 2.65. The van der Waals surface area contributed by atoms with Crippen LogP contribution in [0.4, 0.5) is 4.79 Å². The molecule has 4 nitrogen and oxygen atoms in total. The molecule has 13 heavy (non-hydrogen) atoms. The van der Waals surface area contributed by atoms with Gasteiger partial charge in [0, 0.05) is 26.2 Å². The quantitative estimate of drug-likeness (QED) is 0.695. The molecule has 2 amide bonds. The molecular formula is C9H19N3O. The normalized spacial score (nSPS) is 25.5. The van der Waals surface area contributed by atoms with Crippen molar-refractivity contribution in [2.24, 2.45) is 5.73 Å². The molecule has 76 valence electrons. The maximum Gasteiger partial charge on any atom is 0.320 e. The van der Waals surface area contributed by atoms with E-state index in [4.69, 9.17) is 5.73 Å². The van der Waals surface area contributed by atoms with Gasteiger partial charge in [-0.2, -0.15) is 0 Å². The Kier molecular flexibility index (Phi) is 3.14. The fourth-order valence-electron chi connectivity index (χ4n) is 1.61. The van der Waals surface area contributed by atoms with E-state index in [0.717, 1.165) is 13.0 Å². The molecule has 2 unspecified atom stereocenters. The predicted octanol–water partition coefficient (Wildman–Crippen LogP) is 0.480. The van der Waals surface area contributed by atoms with Gasteiger partial charge in [-0.1, -0.05) is 6.92 Å². The molecule has 0 aromatic carbocycles. The van der Waals surface area contributed by atoms with Crippen LogP contribution in [0.15, 0.2) is 0 Å². The molecule has 0 spiro atoms. The number of carbonyl (C=O) groups is 1. The van der Waals surface area contributed by atoms with Gasteiger partial charge >= 0.3 is 6.03 Å². The molecule has 2 atom stereocenters. The Morgan fingerprint density at radius 1 is 1.69 bits per heavy atom. The number of rotatable bonds is 3. The van der Waals surface area contributed by atoms with E-state index < -0.39 is 0 Å². The fraction of sp³-hybridized carbons (Fsp3) is 0.889. The lowest BCUT2D eigenvalue weighted by molar-refractivity contribution is 0.183. The summed E-state index contributed by atoms with van der Waals surface area (Å²) in [6.45, 7) is 5.49. The zero-order valence-electron chi connectivity index (χ0n) is 8.66. The van der Waals surface area contributed by atoms with Crippen molar-refractivity contribution in [3.8, 4) is 0 Å². The van der Waals surface area contributed by atoms with E-state index in [1.807, 2.05) is 11.9 Å². The maximum atomic E-state index is 11.7. The summed E-state index contributed by atoms with van der Waals surface area (Å²) in [6, 6.07) is 0.637. The van der Waals surface area contributed by atoms with Crippen LogP contribution < -0.4 is 5.73 Å². The summed E-state index contributed by atoms with van der Waals surface area (Å²) in [5.41, 5.74) is 5.57. The molecule has 0 aromatic rings. The van der Waals surface area contributed by atoms with Crippen LogP contribution >= 0.6 is 0 Å². The molecule has 1 aliphatic heterocycles. The van der Waals surface area contributed by atoms with Crippen LogP contribution in [0.25, 0.3) is 0 Å². The highest BCUT2D eigenvalue weighted by Gasteiger charge is 2.35. The van der Waals surface area contributed by atoms with Crippen molar-refractivity contribution in [3.05, 3.63) is 0 Å². The minimum atomic E-state index is 0.116. The van der Waals surface area contributed by atoms with Crippen molar-refractivity contribution in [3.63, 3.8) is 0 Å². The van der Waals surface area contributed by atoms with Gasteiger partial charge in [-0.25, -0.2) is 4.79 Å². The zero-order valence-corrected chi connectivity index (χ0v) is 8.66. The lowest BCUT2D eigenvalue weighted by Crippen LogP contribution is -2.36. The number of nitrogens with zero attached hydrogens (tertiary/aromatic N) is 2. The molecule has 0 aromatic heterocycles. The minimum Gasteiger partial charge on any atom is -0.328 e. The van der Waals surface area contributed by atoms with Crippen LogP contribution in [0.5, 0.6) is 0 Å². The molecular weight excluding hydrogens is 166 g/mol. The van der Waals surface area contributed by atoms with E-state index >= 15 is 0 Å². The summed E-state index contributed by atoms with van der Waals surface area (Å²) in [6.07, 6.45) is 0.997. The summed E-state index contributed by atoms with van der Waals surface area (Å²) in [5.74, 6) is 0. The van der Waals surface area contributed by atoms with Crippen molar-refractivity contribution < 1.29 is 4.79 Å². The topological polar surface area (TPSA) is 49.6 Å². The monoisotopic (exact) mass is 185 g/mol. The van der Waals surface area contributed by atoms with Crippen molar-refractivity contribution in [1.29, 1.82) is 0 Å². The molecule has 4 heteroatoms. The van der Waals surface area contributed by atoms with Gasteiger partial charge in [0.25, 0.3) is 0 Å².